The van der Waals surface area contributed by atoms with Crippen LogP contribution in [0, 0.1) is 5.92 Å². The Labute approximate surface area is 174 Å². The highest BCUT2D eigenvalue weighted by Gasteiger charge is 2.26. The molecular weight excluding hydrogens is 368 g/mol. The first-order chi connectivity index (χ1) is 14.2. The molecule has 0 bridgehead atoms. The Morgan fingerprint density at radius 1 is 1.14 bits per heavy atom. The van der Waals surface area contributed by atoms with E-state index in [0.29, 0.717) is 6.54 Å². The van der Waals surface area contributed by atoms with E-state index in [1.54, 1.807) is 0 Å². The quantitative estimate of drug-likeness (QED) is 0.445. The first-order valence-electron chi connectivity index (χ1n) is 10.7. The van der Waals surface area contributed by atoms with Crippen molar-refractivity contribution in [3.63, 3.8) is 0 Å². The Balaban J connectivity index is 1.53. The number of rotatable bonds is 6. The molecule has 7 heteroatoms. The molecule has 7 nitrogen and oxygen atoms in total. The average Bonchev–Trinajstić information content (AvgIpc) is 2.78. The number of likely N-dealkylation sites (tertiary alicyclic amines) is 1. The Morgan fingerprint density at radius 3 is 2.41 bits per heavy atom. The molecule has 0 amide bonds. The average molecular weight is 403 g/mol. The fourth-order valence-corrected chi connectivity index (χ4v) is 3.85. The molecular formula is C22H34N4O3. The van der Waals surface area contributed by atoms with Gasteiger partial charge in [-0.3, -0.25) is 9.69 Å². The molecule has 2 heterocycles. The molecule has 1 N–H and O–H groups in total. The molecule has 160 valence electrons. The van der Waals surface area contributed by atoms with Crippen molar-refractivity contribution in [3.8, 4) is 0 Å². The molecule has 2 saturated heterocycles. The number of esters is 1. The number of morpholine rings is 1. The topological polar surface area (TPSA) is 66.4 Å². The number of hydrogen-bond acceptors (Lipinski definition) is 5. The summed E-state index contributed by atoms with van der Waals surface area (Å²) in [4.78, 5) is 21.2. The number of benzene rings is 1. The van der Waals surface area contributed by atoms with E-state index in [0.717, 1.165) is 71.3 Å². The van der Waals surface area contributed by atoms with Crippen LogP contribution in [0.5, 0.6) is 0 Å². The highest BCUT2D eigenvalue weighted by atomic mass is 16.5. The number of methoxy groups -OCH3 is 1. The van der Waals surface area contributed by atoms with Gasteiger partial charge in [0, 0.05) is 39.3 Å². The Hall–Kier alpha value is -2.12. The van der Waals surface area contributed by atoms with Crippen LogP contribution in [0.1, 0.15) is 30.9 Å². The van der Waals surface area contributed by atoms with Crippen LogP contribution in [0.4, 0.5) is 0 Å². The van der Waals surface area contributed by atoms with Crippen LogP contribution in [0.3, 0.4) is 0 Å². The van der Waals surface area contributed by atoms with E-state index in [4.69, 9.17) is 14.5 Å². The van der Waals surface area contributed by atoms with Gasteiger partial charge in [-0.25, -0.2) is 4.99 Å². The lowest BCUT2D eigenvalue weighted by molar-refractivity contribution is -0.146. The van der Waals surface area contributed by atoms with Gasteiger partial charge in [0.25, 0.3) is 0 Å². The first kappa shape index (κ1) is 21.6. The second-order valence-electron chi connectivity index (χ2n) is 7.66. The minimum Gasteiger partial charge on any atom is -0.469 e. The molecule has 2 aliphatic rings. The van der Waals surface area contributed by atoms with Crippen molar-refractivity contribution in [2.45, 2.75) is 32.9 Å². The van der Waals surface area contributed by atoms with Gasteiger partial charge in [0.2, 0.25) is 0 Å². The summed E-state index contributed by atoms with van der Waals surface area (Å²) in [5.74, 6) is 0.843. The van der Waals surface area contributed by atoms with Gasteiger partial charge in [-0.15, -0.1) is 0 Å². The number of ether oxygens (including phenoxy) is 2. The number of nitrogens with zero attached hydrogens (tertiary/aromatic N) is 3. The van der Waals surface area contributed by atoms with E-state index in [1.807, 2.05) is 0 Å². The molecule has 1 aromatic carbocycles. The molecule has 0 aromatic heterocycles. The maximum Gasteiger partial charge on any atom is 0.308 e. The van der Waals surface area contributed by atoms with Crippen LogP contribution in [-0.2, 0) is 27.4 Å². The van der Waals surface area contributed by atoms with Gasteiger partial charge < -0.3 is 19.7 Å². The van der Waals surface area contributed by atoms with Crippen LogP contribution in [-0.4, -0.2) is 74.8 Å². The summed E-state index contributed by atoms with van der Waals surface area (Å²) in [5.41, 5.74) is 2.53. The van der Waals surface area contributed by atoms with E-state index in [-0.39, 0.29) is 11.9 Å². The van der Waals surface area contributed by atoms with Crippen molar-refractivity contribution in [3.05, 3.63) is 35.4 Å². The van der Waals surface area contributed by atoms with Crippen LogP contribution >= 0.6 is 0 Å². The fourth-order valence-electron chi connectivity index (χ4n) is 3.85. The minimum atomic E-state index is -0.0937. The van der Waals surface area contributed by atoms with Crippen molar-refractivity contribution in [1.29, 1.82) is 0 Å². The zero-order chi connectivity index (χ0) is 20.5. The fraction of sp³-hybridized carbons (Fsp3) is 0.636. The van der Waals surface area contributed by atoms with Crippen molar-refractivity contribution in [2.24, 2.45) is 10.9 Å². The van der Waals surface area contributed by atoms with Crippen LogP contribution in [0.2, 0.25) is 0 Å². The lowest BCUT2D eigenvalue weighted by atomic mass is 9.97. The summed E-state index contributed by atoms with van der Waals surface area (Å²) in [7, 11) is 1.46. The predicted molar refractivity (Wildman–Crippen MR) is 114 cm³/mol. The number of nitrogens with one attached hydrogen (secondary N) is 1. The van der Waals surface area contributed by atoms with E-state index < -0.39 is 0 Å². The molecule has 2 fully saturated rings. The number of guanidine groups is 1. The van der Waals surface area contributed by atoms with E-state index in [1.165, 1.54) is 18.2 Å². The first-order valence-corrected chi connectivity index (χ1v) is 10.7. The van der Waals surface area contributed by atoms with Crippen LogP contribution < -0.4 is 5.32 Å². The van der Waals surface area contributed by atoms with Crippen LogP contribution in [0.25, 0.3) is 0 Å². The monoisotopic (exact) mass is 402 g/mol. The largest absolute Gasteiger partial charge is 0.469 e. The highest BCUT2D eigenvalue weighted by Crippen LogP contribution is 2.19. The molecule has 0 aliphatic carbocycles. The van der Waals surface area contributed by atoms with Crippen molar-refractivity contribution >= 4 is 11.9 Å². The van der Waals surface area contributed by atoms with E-state index in [2.05, 4.69) is 46.3 Å². The maximum absolute atomic E-state index is 11.7. The van der Waals surface area contributed by atoms with E-state index in [9.17, 15) is 4.79 Å². The Kier molecular flexibility index (Phi) is 8.31. The van der Waals surface area contributed by atoms with Gasteiger partial charge in [0.15, 0.2) is 5.96 Å². The van der Waals surface area contributed by atoms with Crippen LogP contribution in [0.15, 0.2) is 29.3 Å². The van der Waals surface area contributed by atoms with Crippen molar-refractivity contribution < 1.29 is 14.3 Å². The van der Waals surface area contributed by atoms with Crippen molar-refractivity contribution in [2.75, 3.05) is 53.0 Å². The molecule has 3 rings (SSSR count). The standard InChI is InChI=1S/C22H34N4O3/c1-3-23-22(26-10-8-20(9-11-26)21(27)28-2)24-16-18-4-6-19(7-5-18)17-25-12-14-29-15-13-25/h4-7,20H,3,8-17H2,1-2H3,(H,23,24). The molecule has 2 aliphatic heterocycles. The number of piperidine rings is 1. The second kappa shape index (κ2) is 11.2. The Bertz CT molecular complexity index is 663. The number of aliphatic imine (C=N–C) groups is 1. The Morgan fingerprint density at radius 2 is 1.79 bits per heavy atom. The lowest BCUT2D eigenvalue weighted by Gasteiger charge is -2.33. The smallest absolute Gasteiger partial charge is 0.308 e. The normalized spacial score (nSPS) is 19.2. The molecule has 0 spiro atoms. The zero-order valence-corrected chi connectivity index (χ0v) is 17.7. The maximum atomic E-state index is 11.7. The van der Waals surface area contributed by atoms with Gasteiger partial charge in [0.05, 0.1) is 32.8 Å². The van der Waals surface area contributed by atoms with Gasteiger partial charge in [0.1, 0.15) is 0 Å². The molecule has 0 unspecified atom stereocenters. The van der Waals surface area contributed by atoms with Gasteiger partial charge in [-0.05, 0) is 30.9 Å². The summed E-state index contributed by atoms with van der Waals surface area (Å²) in [5, 5.41) is 3.39. The summed E-state index contributed by atoms with van der Waals surface area (Å²) >= 11 is 0. The molecule has 1 aromatic rings. The second-order valence-corrected chi connectivity index (χ2v) is 7.66. The van der Waals surface area contributed by atoms with Crippen molar-refractivity contribution in [1.82, 2.24) is 15.1 Å². The summed E-state index contributed by atoms with van der Waals surface area (Å²) in [6.07, 6.45) is 1.63. The SMILES string of the molecule is CCNC(=NCc1ccc(CN2CCOCC2)cc1)N1CCC(C(=O)OC)CC1. The van der Waals surface area contributed by atoms with E-state index >= 15 is 0 Å². The number of carbonyl (C=O) groups is 1. The van der Waals surface area contributed by atoms with Gasteiger partial charge in [-0.1, -0.05) is 24.3 Å². The third-order valence-corrected chi connectivity index (χ3v) is 5.61. The molecule has 0 saturated carbocycles. The minimum absolute atomic E-state index is 0.0122. The summed E-state index contributed by atoms with van der Waals surface area (Å²) < 4.78 is 10.3. The highest BCUT2D eigenvalue weighted by molar-refractivity contribution is 5.80. The lowest BCUT2D eigenvalue weighted by Crippen LogP contribution is -2.46. The number of carbonyl (C=O) groups excluding carboxylic acids is 1. The number of hydrogen-bond donors (Lipinski definition) is 1. The van der Waals surface area contributed by atoms with Gasteiger partial charge in [-0.2, -0.15) is 0 Å². The summed E-state index contributed by atoms with van der Waals surface area (Å²) in [6, 6.07) is 8.75. The third-order valence-electron chi connectivity index (χ3n) is 5.61. The third kappa shape index (κ3) is 6.44. The molecule has 29 heavy (non-hydrogen) atoms. The zero-order valence-electron chi connectivity index (χ0n) is 17.7. The molecule has 0 atom stereocenters. The molecule has 0 radical (unpaired) electrons. The summed E-state index contributed by atoms with van der Waals surface area (Å²) in [6.45, 7) is 9.85. The predicted octanol–water partition coefficient (Wildman–Crippen LogP) is 1.87. The van der Waals surface area contributed by atoms with Gasteiger partial charge >= 0.3 is 5.97 Å².